The summed E-state index contributed by atoms with van der Waals surface area (Å²) in [6, 6.07) is 0. The third kappa shape index (κ3) is 7.20. The van der Waals surface area contributed by atoms with Gasteiger partial charge < -0.3 is 14.9 Å². The Labute approximate surface area is 178 Å². The molecular formula is C25H43NO3. The van der Waals surface area contributed by atoms with Crippen LogP contribution in [0.25, 0.3) is 0 Å². The van der Waals surface area contributed by atoms with Crippen molar-refractivity contribution in [2.75, 3.05) is 32.8 Å². The number of aliphatic hydroxyl groups excluding tert-OH is 2. The maximum Gasteiger partial charge on any atom is 0.0721 e. The number of fused-ring (bicyclic) bond motifs is 1. The molecule has 3 rings (SSSR count). The van der Waals surface area contributed by atoms with Crippen LogP contribution in [-0.2, 0) is 4.74 Å². The van der Waals surface area contributed by atoms with Gasteiger partial charge in [-0.05, 0) is 63.3 Å². The number of hydrogen-bond donors (Lipinski definition) is 2. The molecule has 0 radical (unpaired) electrons. The zero-order valence-electron chi connectivity index (χ0n) is 18.5. The number of aliphatic hydroxyl groups is 2. The summed E-state index contributed by atoms with van der Waals surface area (Å²) >= 11 is 0. The third-order valence-corrected chi connectivity index (χ3v) is 7.23. The van der Waals surface area contributed by atoms with Gasteiger partial charge in [0.05, 0.1) is 25.4 Å². The molecule has 1 heterocycles. The lowest BCUT2D eigenvalue weighted by Gasteiger charge is -2.26. The fourth-order valence-corrected chi connectivity index (χ4v) is 5.51. The first-order valence-corrected chi connectivity index (χ1v) is 12.2. The molecule has 29 heavy (non-hydrogen) atoms. The molecule has 1 saturated heterocycles. The highest BCUT2D eigenvalue weighted by Crippen LogP contribution is 2.50. The highest BCUT2D eigenvalue weighted by Gasteiger charge is 2.44. The Bertz CT molecular complexity index is 526. The van der Waals surface area contributed by atoms with Crippen molar-refractivity contribution in [3.8, 4) is 0 Å². The Morgan fingerprint density at radius 1 is 1.14 bits per heavy atom. The molecule has 0 bridgehead atoms. The first-order valence-electron chi connectivity index (χ1n) is 12.2. The van der Waals surface area contributed by atoms with E-state index >= 15 is 0 Å². The summed E-state index contributed by atoms with van der Waals surface area (Å²) in [7, 11) is 0. The molecular weight excluding hydrogens is 362 g/mol. The zero-order chi connectivity index (χ0) is 20.5. The van der Waals surface area contributed by atoms with Gasteiger partial charge in [-0.1, -0.05) is 50.0 Å². The van der Waals surface area contributed by atoms with Gasteiger partial charge in [-0.15, -0.1) is 0 Å². The smallest absolute Gasteiger partial charge is 0.0721 e. The van der Waals surface area contributed by atoms with E-state index in [1.165, 1.54) is 45.1 Å². The topological polar surface area (TPSA) is 52.9 Å². The Morgan fingerprint density at radius 2 is 1.97 bits per heavy atom. The Kier molecular flexibility index (Phi) is 9.71. The normalized spacial score (nSPS) is 33.0. The second kappa shape index (κ2) is 12.2. The first-order chi connectivity index (χ1) is 14.2. The van der Waals surface area contributed by atoms with Crippen molar-refractivity contribution in [3.63, 3.8) is 0 Å². The van der Waals surface area contributed by atoms with Gasteiger partial charge in [-0.3, -0.25) is 4.90 Å². The molecule has 5 atom stereocenters. The van der Waals surface area contributed by atoms with Gasteiger partial charge in [-0.2, -0.15) is 0 Å². The minimum absolute atomic E-state index is 0.223. The molecule has 0 unspecified atom stereocenters. The summed E-state index contributed by atoms with van der Waals surface area (Å²) in [5, 5.41) is 20.7. The van der Waals surface area contributed by atoms with E-state index in [9.17, 15) is 10.2 Å². The maximum absolute atomic E-state index is 10.5. The summed E-state index contributed by atoms with van der Waals surface area (Å²) in [5.41, 5.74) is 1.61. The number of hydrogen-bond acceptors (Lipinski definition) is 4. The van der Waals surface area contributed by atoms with Crippen LogP contribution in [0.15, 0.2) is 23.8 Å². The van der Waals surface area contributed by atoms with Gasteiger partial charge in [0.25, 0.3) is 0 Å². The summed E-state index contributed by atoms with van der Waals surface area (Å²) < 4.78 is 5.41. The van der Waals surface area contributed by atoms with Gasteiger partial charge in [0.1, 0.15) is 0 Å². The molecule has 3 fully saturated rings. The quantitative estimate of drug-likeness (QED) is 0.397. The molecule has 4 heteroatoms. The fraction of sp³-hybridized carbons (Fsp3) is 0.840. The minimum Gasteiger partial charge on any atom is -0.392 e. The van der Waals surface area contributed by atoms with Crippen molar-refractivity contribution < 1.29 is 14.9 Å². The van der Waals surface area contributed by atoms with Gasteiger partial charge in [0, 0.05) is 19.0 Å². The van der Waals surface area contributed by atoms with E-state index in [-0.39, 0.29) is 18.1 Å². The lowest BCUT2D eigenvalue weighted by Crippen LogP contribution is -2.36. The maximum atomic E-state index is 10.5. The standard InChI is InChI=1S/C25H43NO3/c1-2-3-5-9-22(27)10-11-23-24-18-20(17-21(24)19-25(23)28)8-6-4-7-12-26-13-15-29-16-14-26/h8,10-11,21-25,27-28H,2-7,9,12-19H2,1H3/b11-10+,20-8?/t21-,22-,23+,24-,25+/m0/s1. The predicted octanol–water partition coefficient (Wildman–Crippen LogP) is 4.32. The molecule has 4 nitrogen and oxygen atoms in total. The Hall–Kier alpha value is -0.680. The number of unbranched alkanes of at least 4 members (excludes halogenated alkanes) is 4. The number of ether oxygens (including phenoxy) is 1. The SMILES string of the molecule is CCCCC[C@H](O)/C=C/[C@@H]1[C@H]2CC(=CCCCCN3CCOCC3)C[C@H]2C[C@H]1O. The molecule has 3 aliphatic rings. The van der Waals surface area contributed by atoms with Crippen molar-refractivity contribution in [1.82, 2.24) is 4.90 Å². The van der Waals surface area contributed by atoms with Gasteiger partial charge in [0.2, 0.25) is 0 Å². The van der Waals surface area contributed by atoms with E-state index in [1.807, 2.05) is 6.08 Å². The van der Waals surface area contributed by atoms with Crippen LogP contribution in [0.4, 0.5) is 0 Å². The van der Waals surface area contributed by atoms with Crippen LogP contribution in [0.3, 0.4) is 0 Å². The molecule has 0 spiro atoms. The summed E-state index contributed by atoms with van der Waals surface area (Å²) in [6.07, 6.45) is 17.3. The van der Waals surface area contributed by atoms with Crippen LogP contribution in [0, 0.1) is 17.8 Å². The van der Waals surface area contributed by atoms with Crippen molar-refractivity contribution in [1.29, 1.82) is 0 Å². The highest BCUT2D eigenvalue weighted by molar-refractivity contribution is 5.18. The van der Waals surface area contributed by atoms with E-state index in [4.69, 9.17) is 4.74 Å². The van der Waals surface area contributed by atoms with E-state index in [2.05, 4.69) is 24.0 Å². The van der Waals surface area contributed by atoms with Crippen molar-refractivity contribution in [2.24, 2.45) is 17.8 Å². The van der Waals surface area contributed by atoms with Crippen LogP contribution in [0.5, 0.6) is 0 Å². The van der Waals surface area contributed by atoms with Crippen molar-refractivity contribution in [3.05, 3.63) is 23.8 Å². The van der Waals surface area contributed by atoms with Crippen LogP contribution >= 0.6 is 0 Å². The Balaban J connectivity index is 1.38. The van der Waals surface area contributed by atoms with Gasteiger partial charge in [0.15, 0.2) is 0 Å². The summed E-state index contributed by atoms with van der Waals surface area (Å²) in [6.45, 7) is 7.36. The molecule has 1 aliphatic heterocycles. The molecule has 0 aromatic carbocycles. The average Bonchev–Trinajstić information content (AvgIpc) is 3.23. The zero-order valence-corrected chi connectivity index (χ0v) is 18.5. The Morgan fingerprint density at radius 3 is 2.76 bits per heavy atom. The summed E-state index contributed by atoms with van der Waals surface area (Å²) in [5.74, 6) is 1.44. The molecule has 0 aromatic rings. The monoisotopic (exact) mass is 405 g/mol. The van der Waals surface area contributed by atoms with Crippen molar-refractivity contribution in [2.45, 2.75) is 83.3 Å². The van der Waals surface area contributed by atoms with Crippen LogP contribution < -0.4 is 0 Å². The van der Waals surface area contributed by atoms with Crippen molar-refractivity contribution >= 4 is 0 Å². The molecule has 2 N–H and O–H groups in total. The minimum atomic E-state index is -0.351. The van der Waals surface area contributed by atoms with E-state index in [0.29, 0.717) is 11.8 Å². The first kappa shape index (κ1) is 23.0. The molecule has 2 saturated carbocycles. The lowest BCUT2D eigenvalue weighted by atomic mass is 9.90. The third-order valence-electron chi connectivity index (χ3n) is 7.23. The second-order valence-electron chi connectivity index (χ2n) is 9.47. The molecule has 0 amide bonds. The second-order valence-corrected chi connectivity index (χ2v) is 9.47. The van der Waals surface area contributed by atoms with E-state index in [0.717, 1.165) is 52.0 Å². The average molecular weight is 406 g/mol. The predicted molar refractivity (Wildman–Crippen MR) is 119 cm³/mol. The van der Waals surface area contributed by atoms with E-state index < -0.39 is 0 Å². The summed E-state index contributed by atoms with van der Waals surface area (Å²) in [4.78, 5) is 2.52. The fourth-order valence-electron chi connectivity index (χ4n) is 5.51. The molecule has 166 valence electrons. The number of nitrogens with zero attached hydrogens (tertiary/aromatic N) is 1. The van der Waals surface area contributed by atoms with Gasteiger partial charge >= 0.3 is 0 Å². The lowest BCUT2D eigenvalue weighted by molar-refractivity contribution is 0.0372. The van der Waals surface area contributed by atoms with Gasteiger partial charge in [-0.25, -0.2) is 0 Å². The molecule has 0 aromatic heterocycles. The van der Waals surface area contributed by atoms with Crippen LogP contribution in [0.1, 0.15) is 71.1 Å². The molecule has 2 aliphatic carbocycles. The number of rotatable bonds is 11. The number of morpholine rings is 1. The largest absolute Gasteiger partial charge is 0.392 e. The van der Waals surface area contributed by atoms with E-state index in [1.54, 1.807) is 5.57 Å². The number of allylic oxidation sites excluding steroid dienone is 2. The van der Waals surface area contributed by atoms with Crippen LogP contribution in [-0.4, -0.2) is 60.2 Å². The highest BCUT2D eigenvalue weighted by atomic mass is 16.5. The van der Waals surface area contributed by atoms with Crippen LogP contribution in [0.2, 0.25) is 0 Å².